The molecule has 152 valence electrons. The number of ether oxygens (including phenoxy) is 1. The van der Waals surface area contributed by atoms with Crippen molar-refractivity contribution in [2.75, 3.05) is 26.2 Å². The van der Waals surface area contributed by atoms with Gasteiger partial charge >= 0.3 is 12.0 Å². The highest BCUT2D eigenvalue weighted by atomic mass is 16.5. The van der Waals surface area contributed by atoms with Crippen LogP contribution in [0.25, 0.3) is 0 Å². The van der Waals surface area contributed by atoms with E-state index < -0.39 is 17.5 Å². The molecule has 2 heterocycles. The Hall–Kier alpha value is -1.63. The maximum atomic E-state index is 12.9. The molecule has 27 heavy (non-hydrogen) atoms. The SMILES string of the molecule is CC(C)CN1CCC2(CC1)NC(=O)N(CC(=O)OC1CCC(C)CC1)C2=O. The molecule has 1 spiro atoms. The van der Waals surface area contributed by atoms with Gasteiger partial charge in [0, 0.05) is 19.6 Å². The van der Waals surface area contributed by atoms with Crippen molar-refractivity contribution in [2.24, 2.45) is 11.8 Å². The second-order valence-electron chi connectivity index (χ2n) is 8.97. The molecular formula is C20H33N3O4. The number of hydrogen-bond acceptors (Lipinski definition) is 5. The fourth-order valence-electron chi connectivity index (χ4n) is 4.49. The van der Waals surface area contributed by atoms with Gasteiger partial charge in [0.05, 0.1) is 0 Å². The summed E-state index contributed by atoms with van der Waals surface area (Å²) in [6, 6.07) is -0.466. The summed E-state index contributed by atoms with van der Waals surface area (Å²) in [5, 5.41) is 2.86. The molecule has 2 saturated heterocycles. The number of likely N-dealkylation sites (tertiary alicyclic amines) is 1. The van der Waals surface area contributed by atoms with E-state index in [2.05, 4.69) is 31.0 Å². The van der Waals surface area contributed by atoms with Crippen LogP contribution in [-0.4, -0.2) is 65.5 Å². The van der Waals surface area contributed by atoms with E-state index in [9.17, 15) is 14.4 Å². The van der Waals surface area contributed by atoms with Gasteiger partial charge in [0.2, 0.25) is 0 Å². The molecule has 3 amide bonds. The minimum atomic E-state index is -0.842. The number of urea groups is 1. The lowest BCUT2D eigenvalue weighted by Gasteiger charge is -2.37. The van der Waals surface area contributed by atoms with Crippen LogP contribution in [0.5, 0.6) is 0 Å². The Kier molecular flexibility index (Phi) is 6.08. The van der Waals surface area contributed by atoms with E-state index in [-0.39, 0.29) is 18.6 Å². The van der Waals surface area contributed by atoms with Crippen molar-refractivity contribution in [3.05, 3.63) is 0 Å². The lowest BCUT2D eigenvalue weighted by Crippen LogP contribution is -2.55. The molecule has 1 N–H and O–H groups in total. The smallest absolute Gasteiger partial charge is 0.326 e. The first-order chi connectivity index (χ1) is 12.8. The van der Waals surface area contributed by atoms with Crippen LogP contribution in [-0.2, 0) is 14.3 Å². The van der Waals surface area contributed by atoms with Crippen molar-refractivity contribution in [2.45, 2.75) is 70.9 Å². The Labute approximate surface area is 161 Å². The molecule has 0 bridgehead atoms. The first-order valence-corrected chi connectivity index (χ1v) is 10.3. The van der Waals surface area contributed by atoms with Gasteiger partial charge in [-0.25, -0.2) is 4.79 Å². The topological polar surface area (TPSA) is 79.0 Å². The fourth-order valence-corrected chi connectivity index (χ4v) is 4.49. The monoisotopic (exact) mass is 379 g/mol. The molecule has 0 unspecified atom stereocenters. The van der Waals surface area contributed by atoms with Gasteiger partial charge in [-0.2, -0.15) is 0 Å². The van der Waals surface area contributed by atoms with E-state index >= 15 is 0 Å². The van der Waals surface area contributed by atoms with Gasteiger partial charge in [0.15, 0.2) is 0 Å². The third-order valence-electron chi connectivity index (χ3n) is 6.13. The summed E-state index contributed by atoms with van der Waals surface area (Å²) in [4.78, 5) is 40.9. The highest BCUT2D eigenvalue weighted by Crippen LogP contribution is 2.30. The summed E-state index contributed by atoms with van der Waals surface area (Å²) in [5.74, 6) is 0.493. The van der Waals surface area contributed by atoms with Crippen LogP contribution in [0.2, 0.25) is 0 Å². The van der Waals surface area contributed by atoms with Crippen molar-refractivity contribution in [3.63, 3.8) is 0 Å². The number of nitrogens with zero attached hydrogens (tertiary/aromatic N) is 2. The van der Waals surface area contributed by atoms with Crippen LogP contribution in [0.15, 0.2) is 0 Å². The summed E-state index contributed by atoms with van der Waals surface area (Å²) in [6.45, 7) is 8.82. The Morgan fingerprint density at radius 1 is 1.19 bits per heavy atom. The number of amides is 3. The van der Waals surface area contributed by atoms with E-state index in [0.29, 0.717) is 24.7 Å². The fraction of sp³-hybridized carbons (Fsp3) is 0.850. The summed E-state index contributed by atoms with van der Waals surface area (Å²) in [5.41, 5.74) is -0.842. The van der Waals surface area contributed by atoms with Crippen LogP contribution in [0.4, 0.5) is 4.79 Å². The molecule has 0 aromatic heterocycles. The third-order valence-corrected chi connectivity index (χ3v) is 6.13. The van der Waals surface area contributed by atoms with Gasteiger partial charge in [-0.05, 0) is 50.4 Å². The standard InChI is InChI=1S/C20H33N3O4/c1-14(2)12-22-10-8-20(9-11-22)18(25)23(19(26)21-20)13-17(24)27-16-6-4-15(3)5-7-16/h14-16H,4-13H2,1-3H3,(H,21,26). The molecule has 3 aliphatic rings. The Bertz CT molecular complexity index is 576. The largest absolute Gasteiger partial charge is 0.461 e. The quantitative estimate of drug-likeness (QED) is 0.585. The van der Waals surface area contributed by atoms with Gasteiger partial charge < -0.3 is 15.0 Å². The molecular weight excluding hydrogens is 346 g/mol. The minimum Gasteiger partial charge on any atom is -0.461 e. The number of rotatable bonds is 5. The maximum Gasteiger partial charge on any atom is 0.326 e. The van der Waals surface area contributed by atoms with Crippen LogP contribution in [0.1, 0.15) is 59.3 Å². The third kappa shape index (κ3) is 4.62. The van der Waals surface area contributed by atoms with E-state index in [1.165, 1.54) is 0 Å². The van der Waals surface area contributed by atoms with Crippen LogP contribution in [0, 0.1) is 11.8 Å². The van der Waals surface area contributed by atoms with Gasteiger partial charge in [-0.3, -0.25) is 14.5 Å². The van der Waals surface area contributed by atoms with Crippen molar-refractivity contribution in [1.29, 1.82) is 0 Å². The summed E-state index contributed by atoms with van der Waals surface area (Å²) < 4.78 is 5.51. The van der Waals surface area contributed by atoms with Gasteiger partial charge in [0.1, 0.15) is 18.2 Å². The first kappa shape index (κ1) is 20.1. The second-order valence-corrected chi connectivity index (χ2v) is 8.97. The predicted octanol–water partition coefficient (Wildman–Crippen LogP) is 2.15. The molecule has 0 aromatic rings. The van der Waals surface area contributed by atoms with Gasteiger partial charge in [-0.1, -0.05) is 20.8 Å². The number of imide groups is 1. The molecule has 3 rings (SSSR count). The van der Waals surface area contributed by atoms with Crippen molar-refractivity contribution in [3.8, 4) is 0 Å². The Morgan fingerprint density at radius 3 is 2.41 bits per heavy atom. The minimum absolute atomic E-state index is 0.0808. The zero-order chi connectivity index (χ0) is 19.6. The average Bonchev–Trinajstić information content (AvgIpc) is 2.83. The molecule has 2 aliphatic heterocycles. The molecule has 7 heteroatoms. The predicted molar refractivity (Wildman–Crippen MR) is 101 cm³/mol. The van der Waals surface area contributed by atoms with Crippen molar-refractivity contribution in [1.82, 2.24) is 15.1 Å². The molecule has 1 aliphatic carbocycles. The van der Waals surface area contributed by atoms with Gasteiger partial charge in [0.25, 0.3) is 5.91 Å². The van der Waals surface area contributed by atoms with Crippen molar-refractivity contribution >= 4 is 17.9 Å². The van der Waals surface area contributed by atoms with E-state index in [1.807, 2.05) is 0 Å². The molecule has 7 nitrogen and oxygen atoms in total. The number of carbonyl (C=O) groups excluding carboxylic acids is 3. The van der Waals surface area contributed by atoms with E-state index in [4.69, 9.17) is 4.74 Å². The highest BCUT2D eigenvalue weighted by Gasteiger charge is 2.52. The number of nitrogens with one attached hydrogen (secondary N) is 1. The van der Waals surface area contributed by atoms with E-state index in [0.717, 1.165) is 50.2 Å². The van der Waals surface area contributed by atoms with Crippen LogP contribution < -0.4 is 5.32 Å². The molecule has 1 saturated carbocycles. The highest BCUT2D eigenvalue weighted by molar-refractivity contribution is 6.08. The van der Waals surface area contributed by atoms with E-state index in [1.54, 1.807) is 0 Å². The zero-order valence-corrected chi connectivity index (χ0v) is 16.8. The summed E-state index contributed by atoms with van der Waals surface area (Å²) in [7, 11) is 0. The molecule has 0 atom stereocenters. The lowest BCUT2D eigenvalue weighted by atomic mass is 9.87. The summed E-state index contributed by atoms with van der Waals surface area (Å²) >= 11 is 0. The van der Waals surface area contributed by atoms with Crippen molar-refractivity contribution < 1.29 is 19.1 Å². The number of esters is 1. The molecule has 0 aromatic carbocycles. The Balaban J connectivity index is 1.53. The number of carbonyl (C=O) groups is 3. The summed E-state index contributed by atoms with van der Waals surface area (Å²) in [6.07, 6.45) is 4.94. The van der Waals surface area contributed by atoms with Gasteiger partial charge in [-0.15, -0.1) is 0 Å². The molecule has 3 fully saturated rings. The Morgan fingerprint density at radius 2 is 1.81 bits per heavy atom. The second kappa shape index (κ2) is 8.17. The lowest BCUT2D eigenvalue weighted by molar-refractivity contribution is -0.154. The average molecular weight is 380 g/mol. The van der Waals surface area contributed by atoms with Crippen LogP contribution >= 0.6 is 0 Å². The number of hydrogen-bond donors (Lipinski definition) is 1. The number of piperidine rings is 1. The molecule has 0 radical (unpaired) electrons. The maximum absolute atomic E-state index is 12.9. The first-order valence-electron chi connectivity index (χ1n) is 10.3. The zero-order valence-electron chi connectivity index (χ0n) is 16.8. The van der Waals surface area contributed by atoms with Crippen LogP contribution in [0.3, 0.4) is 0 Å². The normalized spacial score (nSPS) is 28.7.